The van der Waals surface area contributed by atoms with Crippen molar-refractivity contribution in [2.75, 3.05) is 5.75 Å². The summed E-state index contributed by atoms with van der Waals surface area (Å²) >= 11 is 0. The van der Waals surface area contributed by atoms with E-state index in [4.69, 9.17) is 5.73 Å². The van der Waals surface area contributed by atoms with Gasteiger partial charge in [0, 0.05) is 6.04 Å². The van der Waals surface area contributed by atoms with Crippen molar-refractivity contribution in [3.8, 4) is 0 Å². The molecule has 2 N–H and O–H groups in total. The van der Waals surface area contributed by atoms with Crippen molar-refractivity contribution in [3.63, 3.8) is 0 Å². The van der Waals surface area contributed by atoms with Crippen LogP contribution < -0.4 is 5.73 Å². The van der Waals surface area contributed by atoms with Crippen LogP contribution in [0.15, 0.2) is 29.2 Å². The average molecular weight is 211 g/mol. The Balaban J connectivity index is 2.68. The molecule has 0 saturated carbocycles. The van der Waals surface area contributed by atoms with Gasteiger partial charge in [-0.15, -0.1) is 0 Å². The molecule has 2 atom stereocenters. The summed E-state index contributed by atoms with van der Waals surface area (Å²) in [6.45, 7) is 1.87. The highest BCUT2D eigenvalue weighted by Gasteiger charge is 2.32. The van der Waals surface area contributed by atoms with Gasteiger partial charge in [-0.05, 0) is 17.5 Å². The Kier molecular flexibility index (Phi) is 2.12. The Hall–Kier alpha value is -0.870. The van der Waals surface area contributed by atoms with Crippen LogP contribution in [-0.2, 0) is 9.84 Å². The lowest BCUT2D eigenvalue weighted by Crippen LogP contribution is -2.32. The van der Waals surface area contributed by atoms with Crippen LogP contribution in [0.5, 0.6) is 0 Å². The SMILES string of the molecule is CC1CS(=O)(=O)c2ccccc2C1N. The molecule has 2 rings (SSSR count). The quantitative estimate of drug-likeness (QED) is 0.699. The van der Waals surface area contributed by atoms with Crippen LogP contribution in [0.4, 0.5) is 0 Å². The van der Waals surface area contributed by atoms with E-state index in [2.05, 4.69) is 0 Å². The second-order valence-corrected chi connectivity index (χ2v) is 5.82. The Morgan fingerprint density at radius 2 is 2.00 bits per heavy atom. The first-order valence-corrected chi connectivity index (χ1v) is 6.25. The van der Waals surface area contributed by atoms with Gasteiger partial charge in [-0.3, -0.25) is 0 Å². The molecular formula is C10H13NO2S. The molecule has 1 aromatic rings. The second kappa shape index (κ2) is 3.07. The lowest BCUT2D eigenvalue weighted by Gasteiger charge is -2.27. The first kappa shape index (κ1) is 9.68. The number of sulfone groups is 1. The summed E-state index contributed by atoms with van der Waals surface area (Å²) in [7, 11) is -3.10. The van der Waals surface area contributed by atoms with Crippen LogP contribution in [0.2, 0.25) is 0 Å². The lowest BCUT2D eigenvalue weighted by atomic mass is 9.96. The smallest absolute Gasteiger partial charge is 0.179 e. The van der Waals surface area contributed by atoms with Crippen LogP contribution in [0.3, 0.4) is 0 Å². The normalized spacial score (nSPS) is 29.6. The molecular weight excluding hydrogens is 198 g/mol. The van der Waals surface area contributed by atoms with Gasteiger partial charge in [-0.25, -0.2) is 8.42 Å². The summed E-state index contributed by atoms with van der Waals surface area (Å²) in [6, 6.07) is 6.84. The molecule has 76 valence electrons. The van der Waals surface area contributed by atoms with Crippen molar-refractivity contribution in [2.45, 2.75) is 17.9 Å². The Morgan fingerprint density at radius 1 is 1.36 bits per heavy atom. The Labute approximate surface area is 83.9 Å². The molecule has 1 aliphatic heterocycles. The standard InChI is InChI=1S/C10H13NO2S/c1-7-6-14(12,13)9-5-3-2-4-8(9)10(7)11/h2-5,7,10H,6,11H2,1H3. The van der Waals surface area contributed by atoms with Gasteiger partial charge in [0.15, 0.2) is 9.84 Å². The summed E-state index contributed by atoms with van der Waals surface area (Å²) < 4.78 is 23.5. The van der Waals surface area contributed by atoms with E-state index in [1.165, 1.54) is 0 Å². The lowest BCUT2D eigenvalue weighted by molar-refractivity contribution is 0.478. The first-order valence-electron chi connectivity index (χ1n) is 4.59. The minimum atomic E-state index is -3.10. The molecule has 0 amide bonds. The van der Waals surface area contributed by atoms with E-state index in [9.17, 15) is 8.42 Å². The van der Waals surface area contributed by atoms with Crippen molar-refractivity contribution in [1.29, 1.82) is 0 Å². The minimum Gasteiger partial charge on any atom is -0.324 e. The van der Waals surface area contributed by atoms with E-state index in [1.54, 1.807) is 18.2 Å². The fourth-order valence-corrected chi connectivity index (χ4v) is 3.81. The van der Waals surface area contributed by atoms with Crippen LogP contribution in [0.25, 0.3) is 0 Å². The molecule has 1 aliphatic rings. The molecule has 0 aliphatic carbocycles. The molecule has 1 aromatic carbocycles. The largest absolute Gasteiger partial charge is 0.324 e. The maximum atomic E-state index is 11.8. The van der Waals surface area contributed by atoms with E-state index in [0.29, 0.717) is 4.90 Å². The van der Waals surface area contributed by atoms with Gasteiger partial charge in [0.05, 0.1) is 10.6 Å². The van der Waals surface area contributed by atoms with Crippen LogP contribution in [0.1, 0.15) is 18.5 Å². The molecule has 0 aromatic heterocycles. The Morgan fingerprint density at radius 3 is 2.71 bits per heavy atom. The van der Waals surface area contributed by atoms with Gasteiger partial charge in [0.2, 0.25) is 0 Å². The van der Waals surface area contributed by atoms with E-state index < -0.39 is 9.84 Å². The fraction of sp³-hybridized carbons (Fsp3) is 0.400. The number of hydrogen-bond donors (Lipinski definition) is 1. The highest BCUT2D eigenvalue weighted by Crippen LogP contribution is 2.33. The first-order chi connectivity index (χ1) is 6.52. The number of benzene rings is 1. The van der Waals surface area contributed by atoms with Crippen LogP contribution >= 0.6 is 0 Å². The van der Waals surface area contributed by atoms with E-state index >= 15 is 0 Å². The highest BCUT2D eigenvalue weighted by atomic mass is 32.2. The zero-order chi connectivity index (χ0) is 10.3. The van der Waals surface area contributed by atoms with E-state index in [-0.39, 0.29) is 17.7 Å². The second-order valence-electron chi connectivity index (χ2n) is 3.82. The van der Waals surface area contributed by atoms with E-state index in [0.717, 1.165) is 5.56 Å². The summed E-state index contributed by atoms with van der Waals surface area (Å²) in [5.74, 6) is 0.153. The molecule has 0 saturated heterocycles. The average Bonchev–Trinajstić information content (AvgIpc) is 2.14. The number of nitrogens with two attached hydrogens (primary N) is 1. The molecule has 2 unspecified atom stereocenters. The van der Waals surface area contributed by atoms with Crippen molar-refractivity contribution >= 4 is 9.84 Å². The summed E-state index contributed by atoms with van der Waals surface area (Å²) in [6.07, 6.45) is 0. The molecule has 0 fully saturated rings. The van der Waals surface area contributed by atoms with Crippen molar-refractivity contribution in [1.82, 2.24) is 0 Å². The van der Waals surface area contributed by atoms with Gasteiger partial charge in [0.25, 0.3) is 0 Å². The maximum Gasteiger partial charge on any atom is 0.179 e. The monoisotopic (exact) mass is 211 g/mol. The minimum absolute atomic E-state index is 0.00472. The predicted molar refractivity (Wildman–Crippen MR) is 54.6 cm³/mol. The molecule has 1 heterocycles. The van der Waals surface area contributed by atoms with Crippen molar-refractivity contribution < 1.29 is 8.42 Å². The predicted octanol–water partition coefficient (Wildman–Crippen LogP) is 1.11. The van der Waals surface area contributed by atoms with Crippen LogP contribution in [0, 0.1) is 5.92 Å². The number of rotatable bonds is 0. The van der Waals surface area contributed by atoms with Gasteiger partial charge < -0.3 is 5.73 Å². The summed E-state index contributed by atoms with van der Waals surface area (Å²) in [5.41, 5.74) is 6.70. The van der Waals surface area contributed by atoms with Gasteiger partial charge in [-0.1, -0.05) is 25.1 Å². The van der Waals surface area contributed by atoms with Gasteiger partial charge in [-0.2, -0.15) is 0 Å². The molecule has 14 heavy (non-hydrogen) atoms. The third kappa shape index (κ3) is 1.35. The third-order valence-electron chi connectivity index (χ3n) is 2.71. The zero-order valence-electron chi connectivity index (χ0n) is 7.97. The summed E-state index contributed by atoms with van der Waals surface area (Å²) in [4.78, 5) is 0.408. The number of fused-ring (bicyclic) bond motifs is 1. The fourth-order valence-electron chi connectivity index (χ4n) is 1.89. The van der Waals surface area contributed by atoms with Crippen LogP contribution in [-0.4, -0.2) is 14.2 Å². The molecule has 3 nitrogen and oxygen atoms in total. The Bertz CT molecular complexity index is 453. The molecule has 0 spiro atoms. The summed E-state index contributed by atoms with van der Waals surface area (Å²) in [5, 5.41) is 0. The molecule has 0 bridgehead atoms. The zero-order valence-corrected chi connectivity index (χ0v) is 8.79. The highest BCUT2D eigenvalue weighted by molar-refractivity contribution is 7.91. The topological polar surface area (TPSA) is 60.2 Å². The number of hydrogen-bond acceptors (Lipinski definition) is 3. The van der Waals surface area contributed by atoms with Crippen molar-refractivity contribution in [2.24, 2.45) is 11.7 Å². The maximum absolute atomic E-state index is 11.8. The van der Waals surface area contributed by atoms with Gasteiger partial charge >= 0.3 is 0 Å². The van der Waals surface area contributed by atoms with E-state index in [1.807, 2.05) is 13.0 Å². The molecule has 4 heteroatoms. The van der Waals surface area contributed by atoms with Crippen molar-refractivity contribution in [3.05, 3.63) is 29.8 Å². The molecule has 0 radical (unpaired) electrons. The van der Waals surface area contributed by atoms with Gasteiger partial charge in [0.1, 0.15) is 0 Å². The third-order valence-corrected chi connectivity index (χ3v) is 4.72.